The third kappa shape index (κ3) is 3.94. The molecular formula is C18H20ClN5O2. The molecule has 0 radical (unpaired) electrons. The van der Waals surface area contributed by atoms with Crippen LogP contribution < -0.4 is 5.32 Å². The van der Waals surface area contributed by atoms with Gasteiger partial charge >= 0.3 is 6.09 Å². The summed E-state index contributed by atoms with van der Waals surface area (Å²) in [6.07, 6.45) is 0.978. The quantitative estimate of drug-likeness (QED) is 0.706. The number of alkyl carbamates (subject to hydrolysis) is 1. The molecule has 0 atom stereocenters. The van der Waals surface area contributed by atoms with Gasteiger partial charge in [0, 0.05) is 12.2 Å². The molecule has 0 spiro atoms. The third-order valence-corrected chi connectivity index (χ3v) is 3.87. The number of amides is 1. The molecule has 0 bridgehead atoms. The number of rotatable bonds is 3. The van der Waals surface area contributed by atoms with Crippen molar-refractivity contribution in [2.75, 3.05) is 0 Å². The molecule has 136 valence electrons. The van der Waals surface area contributed by atoms with E-state index in [4.69, 9.17) is 16.3 Å². The zero-order valence-electron chi connectivity index (χ0n) is 15.1. The zero-order valence-corrected chi connectivity index (χ0v) is 15.8. The molecule has 0 aliphatic heterocycles. The summed E-state index contributed by atoms with van der Waals surface area (Å²) in [5.74, 6) is 0.766. The molecule has 0 aliphatic rings. The van der Waals surface area contributed by atoms with Crippen LogP contribution in [0.2, 0.25) is 5.15 Å². The molecule has 3 rings (SSSR count). The lowest BCUT2D eigenvalue weighted by atomic mass is 10.2. The fraction of sp³-hybridized carbons (Fsp3) is 0.333. The smallest absolute Gasteiger partial charge is 0.407 e. The van der Waals surface area contributed by atoms with Crippen LogP contribution in [0.3, 0.4) is 0 Å². The van der Waals surface area contributed by atoms with Crippen molar-refractivity contribution >= 4 is 28.9 Å². The first kappa shape index (κ1) is 18.1. The summed E-state index contributed by atoms with van der Waals surface area (Å²) in [5, 5.41) is 3.07. The number of nitrogens with zero attached hydrogens (tertiary/aromatic N) is 4. The molecule has 26 heavy (non-hydrogen) atoms. The Balaban J connectivity index is 1.78. The molecule has 0 unspecified atom stereocenters. The monoisotopic (exact) mass is 373 g/mol. The Kier molecular flexibility index (Phi) is 4.82. The van der Waals surface area contributed by atoms with Crippen LogP contribution in [0.25, 0.3) is 16.9 Å². The summed E-state index contributed by atoms with van der Waals surface area (Å²) >= 11 is 6.09. The highest BCUT2D eigenvalue weighted by Gasteiger charge is 2.16. The summed E-state index contributed by atoms with van der Waals surface area (Å²) in [4.78, 5) is 24.4. The average molecular weight is 374 g/mol. The first-order chi connectivity index (χ1) is 12.2. The van der Waals surface area contributed by atoms with E-state index in [1.807, 2.05) is 56.5 Å². The summed E-state index contributed by atoms with van der Waals surface area (Å²) < 4.78 is 7.14. The van der Waals surface area contributed by atoms with Gasteiger partial charge in [-0.2, -0.15) is 0 Å². The average Bonchev–Trinajstić information content (AvgIpc) is 2.89. The molecule has 0 fully saturated rings. The van der Waals surface area contributed by atoms with Crippen molar-refractivity contribution < 1.29 is 9.53 Å². The fourth-order valence-corrected chi connectivity index (χ4v) is 2.70. The Labute approximate surface area is 156 Å². The van der Waals surface area contributed by atoms with Crippen LogP contribution in [-0.4, -0.2) is 31.2 Å². The molecule has 0 saturated carbocycles. The standard InChI is InChI=1S/C18H20ClN5O2/c1-11-23-14-15(19)21-10-22-16(14)24(11)13-7-5-12(6-8-13)9-20-17(25)26-18(2,3)4/h5-8,10H,9H2,1-4H3,(H,20,25). The minimum atomic E-state index is -0.517. The number of hydrogen-bond donors (Lipinski definition) is 1. The van der Waals surface area contributed by atoms with Gasteiger partial charge in [0.1, 0.15) is 23.3 Å². The number of imidazole rings is 1. The fourth-order valence-electron chi connectivity index (χ4n) is 2.53. The van der Waals surface area contributed by atoms with Gasteiger partial charge in [0.15, 0.2) is 10.8 Å². The molecule has 7 nitrogen and oxygen atoms in total. The summed E-state index contributed by atoms with van der Waals surface area (Å²) in [6, 6.07) is 7.74. The van der Waals surface area contributed by atoms with Crippen LogP contribution in [0.15, 0.2) is 30.6 Å². The lowest BCUT2D eigenvalue weighted by Gasteiger charge is -2.19. The minimum absolute atomic E-state index is 0.329. The maximum atomic E-state index is 11.7. The van der Waals surface area contributed by atoms with Crippen molar-refractivity contribution in [3.8, 4) is 5.69 Å². The van der Waals surface area contributed by atoms with Crippen LogP contribution in [0.1, 0.15) is 32.2 Å². The van der Waals surface area contributed by atoms with E-state index in [2.05, 4.69) is 20.3 Å². The highest BCUT2D eigenvalue weighted by molar-refractivity contribution is 6.33. The van der Waals surface area contributed by atoms with Gasteiger partial charge in [-0.15, -0.1) is 0 Å². The van der Waals surface area contributed by atoms with Crippen LogP contribution >= 0.6 is 11.6 Å². The second-order valence-corrected chi connectivity index (χ2v) is 7.21. The predicted octanol–water partition coefficient (Wildman–Crippen LogP) is 3.80. The van der Waals surface area contributed by atoms with Crippen molar-refractivity contribution in [3.05, 3.63) is 47.1 Å². The predicted molar refractivity (Wildman–Crippen MR) is 99.5 cm³/mol. The van der Waals surface area contributed by atoms with E-state index >= 15 is 0 Å². The maximum Gasteiger partial charge on any atom is 0.407 e. The third-order valence-electron chi connectivity index (χ3n) is 3.60. The number of ether oxygens (including phenoxy) is 1. The molecule has 0 aliphatic carbocycles. The molecule has 1 aromatic carbocycles. The van der Waals surface area contributed by atoms with Gasteiger partial charge in [-0.05, 0) is 45.4 Å². The number of hydrogen-bond acceptors (Lipinski definition) is 5. The summed E-state index contributed by atoms with van der Waals surface area (Å²) in [5.41, 5.74) is 2.57. The van der Waals surface area contributed by atoms with E-state index in [-0.39, 0.29) is 0 Å². The van der Waals surface area contributed by atoms with Gasteiger partial charge in [-0.3, -0.25) is 4.57 Å². The van der Waals surface area contributed by atoms with Crippen molar-refractivity contribution in [2.24, 2.45) is 0 Å². The number of benzene rings is 1. The van der Waals surface area contributed by atoms with E-state index in [1.165, 1.54) is 6.33 Å². The van der Waals surface area contributed by atoms with Crippen LogP contribution in [0.4, 0.5) is 4.79 Å². The molecule has 1 N–H and O–H groups in total. The van der Waals surface area contributed by atoms with Gasteiger partial charge in [0.2, 0.25) is 0 Å². The maximum absolute atomic E-state index is 11.7. The Morgan fingerprint density at radius 2 is 1.92 bits per heavy atom. The van der Waals surface area contributed by atoms with E-state index in [0.29, 0.717) is 22.9 Å². The molecule has 0 saturated heterocycles. The highest BCUT2D eigenvalue weighted by Crippen LogP contribution is 2.23. The first-order valence-corrected chi connectivity index (χ1v) is 8.54. The normalized spacial score (nSPS) is 11.6. The lowest BCUT2D eigenvalue weighted by Crippen LogP contribution is -2.32. The van der Waals surface area contributed by atoms with Crippen LogP contribution in [0, 0.1) is 6.92 Å². The van der Waals surface area contributed by atoms with Crippen LogP contribution in [-0.2, 0) is 11.3 Å². The molecule has 2 aromatic heterocycles. The Morgan fingerprint density at radius 3 is 2.58 bits per heavy atom. The van der Waals surface area contributed by atoms with Gasteiger partial charge in [-0.1, -0.05) is 23.7 Å². The van der Waals surface area contributed by atoms with Gasteiger partial charge < -0.3 is 10.1 Å². The molecule has 1 amide bonds. The number of aryl methyl sites for hydroxylation is 1. The second kappa shape index (κ2) is 6.92. The SMILES string of the molecule is Cc1nc2c(Cl)ncnc2n1-c1ccc(CNC(=O)OC(C)(C)C)cc1. The Morgan fingerprint density at radius 1 is 1.23 bits per heavy atom. The van der Waals surface area contributed by atoms with Crippen LogP contribution in [0.5, 0.6) is 0 Å². The Hall–Kier alpha value is -2.67. The van der Waals surface area contributed by atoms with Gasteiger partial charge in [0.05, 0.1) is 0 Å². The van der Waals surface area contributed by atoms with E-state index < -0.39 is 11.7 Å². The number of nitrogens with one attached hydrogen (secondary N) is 1. The van der Waals surface area contributed by atoms with Crippen molar-refractivity contribution in [2.45, 2.75) is 39.8 Å². The van der Waals surface area contributed by atoms with E-state index in [1.54, 1.807) is 0 Å². The lowest BCUT2D eigenvalue weighted by molar-refractivity contribution is 0.0523. The number of carbonyl (C=O) groups excluding carboxylic acids is 1. The molecular weight excluding hydrogens is 354 g/mol. The topological polar surface area (TPSA) is 81.9 Å². The molecule has 2 heterocycles. The number of aromatic nitrogens is 4. The van der Waals surface area contributed by atoms with Crippen molar-refractivity contribution in [1.82, 2.24) is 24.8 Å². The zero-order chi connectivity index (χ0) is 18.9. The van der Waals surface area contributed by atoms with E-state index in [9.17, 15) is 4.79 Å². The second-order valence-electron chi connectivity index (χ2n) is 6.85. The minimum Gasteiger partial charge on any atom is -0.444 e. The Bertz CT molecular complexity index is 945. The highest BCUT2D eigenvalue weighted by atomic mass is 35.5. The molecule has 8 heteroatoms. The number of fused-ring (bicyclic) bond motifs is 1. The van der Waals surface area contributed by atoms with Gasteiger partial charge in [-0.25, -0.2) is 19.7 Å². The van der Waals surface area contributed by atoms with Gasteiger partial charge in [0.25, 0.3) is 0 Å². The van der Waals surface area contributed by atoms with Crippen molar-refractivity contribution in [3.63, 3.8) is 0 Å². The van der Waals surface area contributed by atoms with E-state index in [0.717, 1.165) is 17.1 Å². The number of halogens is 1. The largest absolute Gasteiger partial charge is 0.444 e. The molecule has 3 aromatic rings. The summed E-state index contributed by atoms with van der Waals surface area (Å²) in [7, 11) is 0. The first-order valence-electron chi connectivity index (χ1n) is 8.16. The summed E-state index contributed by atoms with van der Waals surface area (Å²) in [6.45, 7) is 7.75. The number of carbonyl (C=O) groups is 1. The van der Waals surface area contributed by atoms with Crippen molar-refractivity contribution in [1.29, 1.82) is 0 Å².